The Balaban J connectivity index is 1.72. The lowest BCUT2D eigenvalue weighted by Gasteiger charge is -2.11. The number of hydrogen-bond acceptors (Lipinski definition) is 5. The first-order chi connectivity index (χ1) is 13.0. The third kappa shape index (κ3) is 4.04. The number of halogens is 1. The van der Waals surface area contributed by atoms with E-state index in [1.54, 1.807) is 11.3 Å². The van der Waals surface area contributed by atoms with Crippen LogP contribution in [0.1, 0.15) is 36.0 Å². The highest BCUT2D eigenvalue weighted by molar-refractivity contribution is 7.16. The molecule has 4 rings (SSSR count). The van der Waals surface area contributed by atoms with Crippen LogP contribution < -0.4 is 4.74 Å². The van der Waals surface area contributed by atoms with Crippen LogP contribution in [0, 0.1) is 19.8 Å². The highest BCUT2D eigenvalue weighted by Crippen LogP contribution is 2.48. The van der Waals surface area contributed by atoms with Gasteiger partial charge in [-0.15, -0.1) is 11.3 Å². The minimum Gasteiger partial charge on any atom is -0.429 e. The third-order valence-corrected chi connectivity index (χ3v) is 5.95. The molecule has 2 heterocycles. The number of rotatable bonds is 5. The molecule has 0 unspecified atom stereocenters. The SMILES string of the molecule is C/C(Oc1nc(C)cc(C)n1)=C(\c1sc(-c2ccccc2)nc1Cl)C1CC1. The molecule has 0 spiro atoms. The molecule has 0 atom stereocenters. The van der Waals surface area contributed by atoms with Crippen molar-refractivity contribution in [2.75, 3.05) is 0 Å². The lowest BCUT2D eigenvalue weighted by molar-refractivity contribution is 0.391. The van der Waals surface area contributed by atoms with Crippen molar-refractivity contribution in [3.8, 4) is 16.6 Å². The maximum Gasteiger partial charge on any atom is 0.322 e. The van der Waals surface area contributed by atoms with Crippen molar-refractivity contribution in [3.63, 3.8) is 0 Å². The van der Waals surface area contributed by atoms with Crippen LogP contribution in [0.5, 0.6) is 6.01 Å². The first-order valence-corrected chi connectivity index (χ1v) is 10.1. The van der Waals surface area contributed by atoms with Crippen LogP contribution in [0.3, 0.4) is 0 Å². The van der Waals surface area contributed by atoms with Crippen molar-refractivity contribution in [2.24, 2.45) is 5.92 Å². The van der Waals surface area contributed by atoms with E-state index in [9.17, 15) is 0 Å². The fourth-order valence-corrected chi connectivity index (χ4v) is 4.59. The molecule has 1 aliphatic carbocycles. The van der Waals surface area contributed by atoms with Gasteiger partial charge in [-0.3, -0.25) is 0 Å². The smallest absolute Gasteiger partial charge is 0.322 e. The lowest BCUT2D eigenvalue weighted by Crippen LogP contribution is -2.03. The summed E-state index contributed by atoms with van der Waals surface area (Å²) < 4.78 is 6.04. The van der Waals surface area contributed by atoms with E-state index in [0.717, 1.165) is 51.0 Å². The largest absolute Gasteiger partial charge is 0.429 e. The van der Waals surface area contributed by atoms with Gasteiger partial charge in [0.15, 0.2) is 0 Å². The molecule has 1 aromatic carbocycles. The van der Waals surface area contributed by atoms with Crippen LogP contribution in [-0.4, -0.2) is 15.0 Å². The molecule has 6 heteroatoms. The van der Waals surface area contributed by atoms with Crippen molar-refractivity contribution in [3.05, 3.63) is 63.6 Å². The third-order valence-electron chi connectivity index (χ3n) is 4.42. The molecular weight excluding hydrogens is 378 g/mol. The lowest BCUT2D eigenvalue weighted by atomic mass is 10.1. The second-order valence-electron chi connectivity index (χ2n) is 6.78. The Hall–Kier alpha value is -2.24. The molecule has 0 aliphatic heterocycles. The summed E-state index contributed by atoms with van der Waals surface area (Å²) in [4.78, 5) is 14.4. The zero-order valence-electron chi connectivity index (χ0n) is 15.5. The minimum absolute atomic E-state index is 0.382. The van der Waals surface area contributed by atoms with Crippen LogP contribution in [0.2, 0.25) is 5.15 Å². The zero-order valence-corrected chi connectivity index (χ0v) is 17.1. The number of ether oxygens (including phenoxy) is 1. The summed E-state index contributed by atoms with van der Waals surface area (Å²) in [5.41, 5.74) is 3.98. The molecule has 3 aromatic rings. The maximum atomic E-state index is 6.54. The molecule has 27 heavy (non-hydrogen) atoms. The summed E-state index contributed by atoms with van der Waals surface area (Å²) in [5.74, 6) is 1.25. The van der Waals surface area contributed by atoms with Crippen LogP contribution in [0.25, 0.3) is 16.1 Å². The summed E-state index contributed by atoms with van der Waals surface area (Å²) in [5, 5.41) is 1.45. The van der Waals surface area contributed by atoms with E-state index in [4.69, 9.17) is 16.3 Å². The standard InChI is InChI=1S/C21H20ClN3OS/c1-12-11-13(2)24-21(23-12)26-14(3)17(15-9-10-15)18-19(22)25-20(27-18)16-7-5-4-6-8-16/h4-8,11,15H,9-10H2,1-3H3/b17-14+. The summed E-state index contributed by atoms with van der Waals surface area (Å²) in [6.45, 7) is 5.84. The highest BCUT2D eigenvalue weighted by Gasteiger charge is 2.33. The van der Waals surface area contributed by atoms with Gasteiger partial charge in [0.2, 0.25) is 0 Å². The molecule has 1 aliphatic rings. The topological polar surface area (TPSA) is 47.9 Å². The van der Waals surface area contributed by atoms with Crippen LogP contribution >= 0.6 is 22.9 Å². The first-order valence-electron chi connectivity index (χ1n) is 8.94. The van der Waals surface area contributed by atoms with Crippen LogP contribution in [-0.2, 0) is 0 Å². The molecule has 1 saturated carbocycles. The molecule has 0 radical (unpaired) electrons. The predicted molar refractivity (Wildman–Crippen MR) is 110 cm³/mol. The monoisotopic (exact) mass is 397 g/mol. The Morgan fingerprint density at radius 3 is 2.37 bits per heavy atom. The van der Waals surface area contributed by atoms with E-state index < -0.39 is 0 Å². The van der Waals surface area contributed by atoms with E-state index in [0.29, 0.717) is 17.1 Å². The van der Waals surface area contributed by atoms with Crippen molar-refractivity contribution < 1.29 is 4.74 Å². The van der Waals surface area contributed by atoms with Gasteiger partial charge in [-0.05, 0) is 45.6 Å². The van der Waals surface area contributed by atoms with Gasteiger partial charge in [0.05, 0.1) is 4.88 Å². The molecule has 2 aromatic heterocycles. The normalized spacial score (nSPS) is 14.8. The predicted octanol–water partition coefficient (Wildman–Crippen LogP) is 6.09. The Kier molecular flexibility index (Phi) is 4.98. The maximum absolute atomic E-state index is 6.54. The van der Waals surface area contributed by atoms with E-state index in [2.05, 4.69) is 15.0 Å². The number of aryl methyl sites for hydroxylation is 2. The fraction of sp³-hybridized carbons (Fsp3) is 0.286. The van der Waals surface area contributed by atoms with Gasteiger partial charge in [-0.1, -0.05) is 41.9 Å². The van der Waals surface area contributed by atoms with E-state index >= 15 is 0 Å². The average molecular weight is 398 g/mol. The van der Waals surface area contributed by atoms with Gasteiger partial charge in [-0.25, -0.2) is 15.0 Å². The molecule has 0 N–H and O–H groups in total. The molecule has 0 saturated heterocycles. The molecule has 0 amide bonds. The highest BCUT2D eigenvalue weighted by atomic mass is 35.5. The first kappa shape index (κ1) is 18.1. The van der Waals surface area contributed by atoms with Crippen LogP contribution in [0.15, 0.2) is 42.2 Å². The summed E-state index contributed by atoms with van der Waals surface area (Å²) >= 11 is 8.15. The minimum atomic E-state index is 0.382. The van der Waals surface area contributed by atoms with E-state index in [1.165, 1.54) is 0 Å². The second kappa shape index (κ2) is 7.41. The summed E-state index contributed by atoms with van der Waals surface area (Å²) in [6.07, 6.45) is 2.28. The Bertz CT molecular complexity index is 989. The van der Waals surface area contributed by atoms with Gasteiger partial charge in [0.25, 0.3) is 0 Å². The average Bonchev–Trinajstić information content (AvgIpc) is 3.38. The fourth-order valence-electron chi connectivity index (χ4n) is 3.11. The number of hydrogen-bond donors (Lipinski definition) is 0. The van der Waals surface area contributed by atoms with Crippen molar-refractivity contribution in [1.82, 2.24) is 15.0 Å². The van der Waals surface area contributed by atoms with E-state index in [1.807, 2.05) is 57.2 Å². The van der Waals surface area contributed by atoms with Gasteiger partial charge < -0.3 is 4.74 Å². The van der Waals surface area contributed by atoms with Crippen molar-refractivity contribution in [2.45, 2.75) is 33.6 Å². The number of thiazole rings is 1. The molecule has 4 nitrogen and oxygen atoms in total. The quantitative estimate of drug-likeness (QED) is 0.488. The van der Waals surface area contributed by atoms with Crippen LogP contribution in [0.4, 0.5) is 0 Å². The van der Waals surface area contributed by atoms with Crippen molar-refractivity contribution in [1.29, 1.82) is 0 Å². The molecule has 1 fully saturated rings. The molecular formula is C21H20ClN3OS. The summed E-state index contributed by atoms with van der Waals surface area (Å²) in [7, 11) is 0. The Morgan fingerprint density at radius 2 is 1.74 bits per heavy atom. The number of aromatic nitrogens is 3. The van der Waals surface area contributed by atoms with Gasteiger partial charge in [0.1, 0.15) is 15.9 Å². The zero-order chi connectivity index (χ0) is 19.0. The number of allylic oxidation sites excluding steroid dienone is 2. The van der Waals surface area contributed by atoms with Crippen molar-refractivity contribution >= 4 is 28.5 Å². The Labute approximate surface area is 167 Å². The van der Waals surface area contributed by atoms with E-state index in [-0.39, 0.29) is 0 Å². The number of nitrogens with zero attached hydrogens (tertiary/aromatic N) is 3. The molecule has 138 valence electrons. The number of benzene rings is 1. The summed E-state index contributed by atoms with van der Waals surface area (Å²) in [6, 6.07) is 12.4. The van der Waals surface area contributed by atoms with Gasteiger partial charge in [-0.2, -0.15) is 0 Å². The van der Waals surface area contributed by atoms with Gasteiger partial charge >= 0.3 is 6.01 Å². The van der Waals surface area contributed by atoms with Gasteiger partial charge in [0, 0.05) is 22.5 Å². The Morgan fingerprint density at radius 1 is 1.07 bits per heavy atom. The second-order valence-corrected chi connectivity index (χ2v) is 8.14. The molecule has 0 bridgehead atoms.